The quantitative estimate of drug-likeness (QED) is 0.354. The highest BCUT2D eigenvalue weighted by Gasteiger charge is 2.26. The third-order valence-corrected chi connectivity index (χ3v) is 5.61. The molecule has 4 aromatic rings. The number of hydrogen-bond acceptors (Lipinski definition) is 6. The number of nitro groups is 1. The Balaban J connectivity index is 1.80. The first-order valence-corrected chi connectivity index (χ1v) is 9.66. The molecule has 144 valence electrons. The van der Waals surface area contributed by atoms with Crippen LogP contribution in [0, 0.1) is 17.0 Å². The molecule has 0 aliphatic rings. The number of hydrogen-bond donors (Lipinski definition) is 0. The van der Waals surface area contributed by atoms with Gasteiger partial charge in [0.1, 0.15) is 0 Å². The molecule has 4 rings (SSSR count). The van der Waals surface area contributed by atoms with Crippen molar-refractivity contribution in [1.29, 1.82) is 0 Å². The average molecular weight is 404 g/mol. The van der Waals surface area contributed by atoms with E-state index in [2.05, 4.69) is 9.97 Å². The SMILES string of the molecule is Cc1c(C(=O)N(Cc2cccnc2)c2nc3ccccc3s2)cccc1[N+](=O)[O-]. The van der Waals surface area contributed by atoms with E-state index in [1.165, 1.54) is 23.5 Å². The predicted molar refractivity (Wildman–Crippen MR) is 112 cm³/mol. The number of nitrogens with zero attached hydrogens (tertiary/aromatic N) is 4. The van der Waals surface area contributed by atoms with E-state index in [0.717, 1.165) is 15.8 Å². The summed E-state index contributed by atoms with van der Waals surface area (Å²) < 4.78 is 0.960. The standard InChI is InChI=1S/C21H16N4O3S/c1-14-16(7-4-9-18(14)25(27)28)20(26)24(13-15-6-5-11-22-12-15)21-23-17-8-2-3-10-19(17)29-21/h2-12H,13H2,1H3. The summed E-state index contributed by atoms with van der Waals surface area (Å²) in [5, 5.41) is 11.8. The van der Waals surface area contributed by atoms with Crippen molar-refractivity contribution in [3.63, 3.8) is 0 Å². The third kappa shape index (κ3) is 3.70. The second-order valence-corrected chi connectivity index (χ2v) is 7.43. The number of anilines is 1. The van der Waals surface area contributed by atoms with Crippen LogP contribution in [0.2, 0.25) is 0 Å². The minimum absolute atomic E-state index is 0.0820. The summed E-state index contributed by atoms with van der Waals surface area (Å²) in [6, 6.07) is 15.9. The maximum Gasteiger partial charge on any atom is 0.273 e. The van der Waals surface area contributed by atoms with Crippen molar-refractivity contribution in [2.75, 3.05) is 4.90 Å². The fourth-order valence-corrected chi connectivity index (χ4v) is 4.04. The first-order valence-electron chi connectivity index (χ1n) is 8.85. The molecule has 2 heterocycles. The van der Waals surface area contributed by atoms with Gasteiger partial charge in [0.15, 0.2) is 5.13 Å². The molecule has 0 unspecified atom stereocenters. The van der Waals surface area contributed by atoms with Gasteiger partial charge in [-0.15, -0.1) is 0 Å². The molecule has 0 saturated carbocycles. The Kier molecular flexibility index (Phi) is 5.01. The zero-order valence-corrected chi connectivity index (χ0v) is 16.3. The molecule has 0 bridgehead atoms. The van der Waals surface area contributed by atoms with Gasteiger partial charge in [0.2, 0.25) is 0 Å². The van der Waals surface area contributed by atoms with E-state index < -0.39 is 4.92 Å². The fraction of sp³-hybridized carbons (Fsp3) is 0.0952. The number of fused-ring (bicyclic) bond motifs is 1. The number of aromatic nitrogens is 2. The van der Waals surface area contributed by atoms with Gasteiger partial charge in [-0.25, -0.2) is 4.98 Å². The van der Waals surface area contributed by atoms with Crippen molar-refractivity contribution in [3.8, 4) is 0 Å². The summed E-state index contributed by atoms with van der Waals surface area (Å²) in [7, 11) is 0. The van der Waals surface area contributed by atoms with Gasteiger partial charge < -0.3 is 0 Å². The average Bonchev–Trinajstić information content (AvgIpc) is 3.16. The predicted octanol–water partition coefficient (Wildman–Crippen LogP) is 4.75. The number of thiazole rings is 1. The molecule has 2 aromatic carbocycles. The van der Waals surface area contributed by atoms with Gasteiger partial charge in [-0.3, -0.25) is 24.8 Å². The normalized spacial score (nSPS) is 10.8. The van der Waals surface area contributed by atoms with Gasteiger partial charge in [0, 0.05) is 29.6 Å². The van der Waals surface area contributed by atoms with Gasteiger partial charge in [-0.2, -0.15) is 0 Å². The smallest absolute Gasteiger partial charge is 0.273 e. The van der Waals surface area contributed by atoms with E-state index in [1.54, 1.807) is 36.4 Å². The Labute approximate surface area is 170 Å². The summed E-state index contributed by atoms with van der Waals surface area (Å²) in [5.41, 5.74) is 2.17. The maximum atomic E-state index is 13.5. The van der Waals surface area contributed by atoms with Crippen molar-refractivity contribution in [1.82, 2.24) is 9.97 Å². The second kappa shape index (κ2) is 7.76. The summed E-state index contributed by atoms with van der Waals surface area (Å²) in [5.74, 6) is -0.339. The molecule has 8 heteroatoms. The van der Waals surface area contributed by atoms with Crippen molar-refractivity contribution >= 4 is 38.3 Å². The highest BCUT2D eigenvalue weighted by atomic mass is 32.1. The molecule has 0 spiro atoms. The molecular formula is C21H16N4O3S. The number of rotatable bonds is 5. The first-order chi connectivity index (χ1) is 14.0. The molecule has 0 aliphatic heterocycles. The van der Waals surface area contributed by atoms with Crippen LogP contribution in [0.3, 0.4) is 0 Å². The lowest BCUT2D eigenvalue weighted by Crippen LogP contribution is -2.31. The number of benzene rings is 2. The highest BCUT2D eigenvalue weighted by molar-refractivity contribution is 7.22. The number of carbonyl (C=O) groups is 1. The molecule has 0 atom stereocenters. The van der Waals surface area contributed by atoms with E-state index in [-0.39, 0.29) is 23.7 Å². The number of pyridine rings is 1. The molecule has 2 aromatic heterocycles. The van der Waals surface area contributed by atoms with E-state index in [4.69, 9.17) is 0 Å². The molecule has 0 aliphatic carbocycles. The van der Waals surface area contributed by atoms with Crippen LogP contribution < -0.4 is 4.90 Å². The fourth-order valence-electron chi connectivity index (χ4n) is 3.07. The van der Waals surface area contributed by atoms with Crippen LogP contribution in [0.5, 0.6) is 0 Å². The Morgan fingerprint density at radius 3 is 2.69 bits per heavy atom. The van der Waals surface area contributed by atoms with Gasteiger partial charge in [-0.05, 0) is 36.8 Å². The Hall–Kier alpha value is -3.65. The molecule has 7 nitrogen and oxygen atoms in total. The highest BCUT2D eigenvalue weighted by Crippen LogP contribution is 2.32. The van der Waals surface area contributed by atoms with Crippen LogP contribution >= 0.6 is 11.3 Å². The molecule has 0 saturated heterocycles. The zero-order valence-electron chi connectivity index (χ0n) is 15.5. The van der Waals surface area contributed by atoms with Crippen LogP contribution in [0.1, 0.15) is 21.5 Å². The summed E-state index contributed by atoms with van der Waals surface area (Å²) >= 11 is 1.40. The lowest BCUT2D eigenvalue weighted by atomic mass is 10.1. The van der Waals surface area contributed by atoms with Crippen molar-refractivity contribution in [2.24, 2.45) is 0 Å². The van der Waals surface area contributed by atoms with Gasteiger partial charge in [0.25, 0.3) is 11.6 Å². The van der Waals surface area contributed by atoms with E-state index in [1.807, 2.05) is 30.3 Å². The van der Waals surface area contributed by atoms with E-state index in [9.17, 15) is 14.9 Å². The first kappa shape index (κ1) is 18.7. The van der Waals surface area contributed by atoms with Gasteiger partial charge in [-0.1, -0.05) is 35.6 Å². The van der Waals surface area contributed by atoms with Crippen molar-refractivity contribution in [3.05, 3.63) is 93.8 Å². The second-order valence-electron chi connectivity index (χ2n) is 6.42. The Bertz CT molecular complexity index is 1170. The van der Waals surface area contributed by atoms with Crippen LogP contribution in [-0.2, 0) is 6.54 Å². The lowest BCUT2D eigenvalue weighted by Gasteiger charge is -2.21. The minimum Gasteiger partial charge on any atom is -0.279 e. The van der Waals surface area contributed by atoms with Crippen LogP contribution in [0.15, 0.2) is 67.0 Å². The van der Waals surface area contributed by atoms with E-state index in [0.29, 0.717) is 10.7 Å². The van der Waals surface area contributed by atoms with Gasteiger partial charge >= 0.3 is 0 Å². The number of para-hydroxylation sites is 1. The number of carbonyl (C=O) groups excluding carboxylic acids is 1. The molecular weight excluding hydrogens is 388 g/mol. The summed E-state index contributed by atoms with van der Waals surface area (Å²) in [6.45, 7) is 1.85. The number of amides is 1. The monoisotopic (exact) mass is 404 g/mol. The minimum atomic E-state index is -0.477. The topological polar surface area (TPSA) is 89.2 Å². The zero-order chi connectivity index (χ0) is 20.4. The summed E-state index contributed by atoms with van der Waals surface area (Å²) in [6.07, 6.45) is 3.35. The largest absolute Gasteiger partial charge is 0.279 e. The van der Waals surface area contributed by atoms with Crippen molar-refractivity contribution < 1.29 is 9.72 Å². The molecule has 0 N–H and O–H groups in total. The molecule has 29 heavy (non-hydrogen) atoms. The van der Waals surface area contributed by atoms with Crippen molar-refractivity contribution in [2.45, 2.75) is 13.5 Å². The lowest BCUT2D eigenvalue weighted by molar-refractivity contribution is -0.385. The Morgan fingerprint density at radius 2 is 1.97 bits per heavy atom. The molecule has 1 amide bonds. The number of nitro benzene ring substituents is 1. The maximum absolute atomic E-state index is 13.5. The third-order valence-electron chi connectivity index (χ3n) is 4.55. The van der Waals surface area contributed by atoms with E-state index >= 15 is 0 Å². The summed E-state index contributed by atoms with van der Waals surface area (Å²) in [4.78, 5) is 34.6. The Morgan fingerprint density at radius 1 is 1.14 bits per heavy atom. The van der Waals surface area contributed by atoms with Crippen LogP contribution in [-0.4, -0.2) is 20.8 Å². The molecule has 0 fully saturated rings. The van der Waals surface area contributed by atoms with Crippen LogP contribution in [0.25, 0.3) is 10.2 Å². The molecule has 0 radical (unpaired) electrons. The van der Waals surface area contributed by atoms with Crippen LogP contribution in [0.4, 0.5) is 10.8 Å². The van der Waals surface area contributed by atoms with Gasteiger partial charge in [0.05, 0.1) is 21.7 Å².